The maximum atomic E-state index is 12.9. The molecular formula is C14H11ClFN3O3. The fourth-order valence-corrected chi connectivity index (χ4v) is 1.91. The zero-order chi connectivity index (χ0) is 16.1. The fraction of sp³-hybridized carbons (Fsp3) is 0.0714. The van der Waals surface area contributed by atoms with Gasteiger partial charge in [0.2, 0.25) is 5.91 Å². The molecule has 1 amide bonds. The lowest BCUT2D eigenvalue weighted by atomic mass is 10.3. The molecule has 2 rings (SSSR count). The van der Waals surface area contributed by atoms with Crippen molar-refractivity contribution in [1.82, 2.24) is 0 Å². The molecule has 0 saturated carbocycles. The molecule has 0 aliphatic heterocycles. The molecule has 0 spiro atoms. The second-order valence-corrected chi connectivity index (χ2v) is 4.74. The van der Waals surface area contributed by atoms with Gasteiger partial charge in [-0.05, 0) is 24.3 Å². The van der Waals surface area contributed by atoms with Crippen LogP contribution in [0.1, 0.15) is 0 Å². The third-order valence-corrected chi connectivity index (χ3v) is 3.03. The highest BCUT2D eigenvalue weighted by Gasteiger charge is 2.09. The lowest BCUT2D eigenvalue weighted by Crippen LogP contribution is -2.21. The van der Waals surface area contributed by atoms with Crippen LogP contribution in [0.2, 0.25) is 5.02 Å². The molecule has 8 heteroatoms. The molecule has 0 aliphatic rings. The van der Waals surface area contributed by atoms with Crippen LogP contribution in [0.15, 0.2) is 42.5 Å². The van der Waals surface area contributed by atoms with Gasteiger partial charge in [-0.15, -0.1) is 0 Å². The topological polar surface area (TPSA) is 84.3 Å². The van der Waals surface area contributed by atoms with Crippen molar-refractivity contribution in [2.24, 2.45) is 0 Å². The highest BCUT2D eigenvalue weighted by atomic mass is 35.5. The summed E-state index contributed by atoms with van der Waals surface area (Å²) in [6.45, 7) is -0.116. The van der Waals surface area contributed by atoms with E-state index < -0.39 is 16.6 Å². The van der Waals surface area contributed by atoms with Gasteiger partial charge in [0.1, 0.15) is 5.82 Å². The summed E-state index contributed by atoms with van der Waals surface area (Å²) < 4.78 is 12.9. The molecule has 0 fully saturated rings. The number of nitro benzene ring substituents is 1. The van der Waals surface area contributed by atoms with Gasteiger partial charge >= 0.3 is 0 Å². The van der Waals surface area contributed by atoms with Gasteiger partial charge < -0.3 is 10.6 Å². The van der Waals surface area contributed by atoms with E-state index in [4.69, 9.17) is 11.6 Å². The average Bonchev–Trinajstić information content (AvgIpc) is 2.48. The third kappa shape index (κ3) is 4.16. The molecule has 0 saturated heterocycles. The zero-order valence-corrected chi connectivity index (χ0v) is 11.9. The SMILES string of the molecule is O=C(CNc1cccc([N+](=O)[O-])c1)Nc1ccc(F)cc1Cl. The molecule has 22 heavy (non-hydrogen) atoms. The first-order valence-corrected chi connectivity index (χ1v) is 6.57. The Morgan fingerprint density at radius 1 is 1.27 bits per heavy atom. The molecule has 0 aromatic heterocycles. The van der Waals surface area contributed by atoms with Gasteiger partial charge in [-0.1, -0.05) is 17.7 Å². The summed E-state index contributed by atoms with van der Waals surface area (Å²) in [7, 11) is 0. The van der Waals surface area contributed by atoms with E-state index in [1.165, 1.54) is 30.3 Å². The molecule has 0 heterocycles. The number of nitrogens with zero attached hydrogens (tertiary/aromatic N) is 1. The van der Waals surface area contributed by atoms with Crippen LogP contribution in [0.25, 0.3) is 0 Å². The van der Waals surface area contributed by atoms with Crippen LogP contribution >= 0.6 is 11.6 Å². The standard InChI is InChI=1S/C14H11ClFN3O3/c15-12-6-9(16)4-5-13(12)18-14(20)8-17-10-2-1-3-11(7-10)19(21)22/h1-7,17H,8H2,(H,18,20). The summed E-state index contributed by atoms with van der Waals surface area (Å²) in [6, 6.07) is 9.39. The minimum atomic E-state index is -0.524. The molecule has 0 radical (unpaired) electrons. The minimum Gasteiger partial charge on any atom is -0.376 e. The number of hydrogen-bond donors (Lipinski definition) is 2. The fourth-order valence-electron chi connectivity index (χ4n) is 1.70. The number of carbonyl (C=O) groups is 1. The number of non-ortho nitro benzene ring substituents is 1. The maximum Gasteiger partial charge on any atom is 0.271 e. The van der Waals surface area contributed by atoms with E-state index in [0.717, 1.165) is 6.07 Å². The number of anilines is 2. The first-order valence-electron chi connectivity index (χ1n) is 6.19. The summed E-state index contributed by atoms with van der Waals surface area (Å²) in [5.74, 6) is -0.919. The first-order chi connectivity index (χ1) is 10.5. The number of hydrogen-bond acceptors (Lipinski definition) is 4. The van der Waals surface area contributed by atoms with Gasteiger partial charge in [-0.3, -0.25) is 14.9 Å². The summed E-state index contributed by atoms with van der Waals surface area (Å²) in [4.78, 5) is 21.9. The van der Waals surface area contributed by atoms with E-state index in [9.17, 15) is 19.3 Å². The second kappa shape index (κ2) is 6.86. The number of halogens is 2. The largest absolute Gasteiger partial charge is 0.376 e. The summed E-state index contributed by atoms with van der Waals surface area (Å²) in [6.07, 6.45) is 0. The predicted molar refractivity (Wildman–Crippen MR) is 81.6 cm³/mol. The van der Waals surface area contributed by atoms with Gasteiger partial charge in [-0.2, -0.15) is 0 Å². The predicted octanol–water partition coefficient (Wildman–Crippen LogP) is 3.44. The summed E-state index contributed by atoms with van der Waals surface area (Å²) >= 11 is 5.80. The minimum absolute atomic E-state index is 0.0769. The zero-order valence-electron chi connectivity index (χ0n) is 11.2. The average molecular weight is 324 g/mol. The molecule has 2 aromatic carbocycles. The van der Waals surface area contributed by atoms with Crippen LogP contribution in [-0.2, 0) is 4.79 Å². The Morgan fingerprint density at radius 3 is 2.73 bits per heavy atom. The molecule has 0 atom stereocenters. The highest BCUT2D eigenvalue weighted by Crippen LogP contribution is 2.22. The number of nitrogens with one attached hydrogen (secondary N) is 2. The van der Waals surface area contributed by atoms with Gasteiger partial charge in [0.05, 0.1) is 22.2 Å². The van der Waals surface area contributed by atoms with E-state index in [2.05, 4.69) is 10.6 Å². The van der Waals surface area contributed by atoms with Crippen molar-refractivity contribution in [3.63, 3.8) is 0 Å². The summed E-state index contributed by atoms with van der Waals surface area (Å²) in [5.41, 5.74) is 0.649. The van der Waals surface area contributed by atoms with Crippen LogP contribution in [0.3, 0.4) is 0 Å². The van der Waals surface area contributed by atoms with E-state index in [1.807, 2.05) is 0 Å². The van der Waals surface area contributed by atoms with Crippen molar-refractivity contribution < 1.29 is 14.1 Å². The Labute approximate surface area is 130 Å². The van der Waals surface area contributed by atoms with Crippen LogP contribution in [0, 0.1) is 15.9 Å². The van der Waals surface area contributed by atoms with Gasteiger partial charge in [0.15, 0.2) is 0 Å². The van der Waals surface area contributed by atoms with Crippen molar-refractivity contribution in [1.29, 1.82) is 0 Å². The Morgan fingerprint density at radius 2 is 2.05 bits per heavy atom. The molecule has 0 unspecified atom stereocenters. The third-order valence-electron chi connectivity index (χ3n) is 2.72. The molecule has 0 aliphatic carbocycles. The summed E-state index contributed by atoms with van der Waals surface area (Å²) in [5, 5.41) is 16.0. The van der Waals surface area contributed by atoms with Crippen LogP contribution < -0.4 is 10.6 Å². The van der Waals surface area contributed by atoms with Crippen LogP contribution in [0.5, 0.6) is 0 Å². The van der Waals surface area contributed by atoms with E-state index in [0.29, 0.717) is 5.69 Å². The van der Waals surface area contributed by atoms with Gasteiger partial charge in [0.25, 0.3) is 5.69 Å². The Hall–Kier alpha value is -2.67. The number of amides is 1. The molecule has 6 nitrogen and oxygen atoms in total. The van der Waals surface area contributed by atoms with Crippen molar-refractivity contribution in [2.45, 2.75) is 0 Å². The quantitative estimate of drug-likeness (QED) is 0.652. The lowest BCUT2D eigenvalue weighted by Gasteiger charge is -2.09. The van der Waals surface area contributed by atoms with E-state index >= 15 is 0 Å². The van der Waals surface area contributed by atoms with E-state index in [-0.39, 0.29) is 22.9 Å². The number of rotatable bonds is 5. The molecule has 114 valence electrons. The normalized spacial score (nSPS) is 10.1. The van der Waals surface area contributed by atoms with Crippen LogP contribution in [-0.4, -0.2) is 17.4 Å². The maximum absolute atomic E-state index is 12.9. The number of benzene rings is 2. The van der Waals surface area contributed by atoms with Gasteiger partial charge in [-0.25, -0.2) is 4.39 Å². The molecule has 0 bridgehead atoms. The van der Waals surface area contributed by atoms with Crippen molar-refractivity contribution in [3.05, 3.63) is 63.4 Å². The Balaban J connectivity index is 1.95. The number of carbonyl (C=O) groups excluding carboxylic acids is 1. The molecule has 2 aromatic rings. The first kappa shape index (κ1) is 15.7. The highest BCUT2D eigenvalue weighted by molar-refractivity contribution is 6.33. The van der Waals surface area contributed by atoms with Crippen molar-refractivity contribution in [2.75, 3.05) is 17.2 Å². The van der Waals surface area contributed by atoms with Crippen LogP contribution in [0.4, 0.5) is 21.5 Å². The van der Waals surface area contributed by atoms with Crippen molar-refractivity contribution >= 4 is 34.6 Å². The molecule has 2 N–H and O–H groups in total. The van der Waals surface area contributed by atoms with Gasteiger partial charge in [0, 0.05) is 17.8 Å². The van der Waals surface area contributed by atoms with E-state index in [1.54, 1.807) is 6.07 Å². The number of nitro groups is 1. The molecular weight excluding hydrogens is 313 g/mol. The smallest absolute Gasteiger partial charge is 0.271 e. The Kier molecular flexibility index (Phi) is 4.90. The van der Waals surface area contributed by atoms with Crippen molar-refractivity contribution in [3.8, 4) is 0 Å². The lowest BCUT2D eigenvalue weighted by molar-refractivity contribution is -0.384. The monoisotopic (exact) mass is 323 g/mol. The second-order valence-electron chi connectivity index (χ2n) is 4.33. The Bertz CT molecular complexity index is 724.